The minimum atomic E-state index is -4.52. The number of hydrogen-bond donors (Lipinski definition) is 2. The number of hydrogen-bond acceptors (Lipinski definition) is 10. The van der Waals surface area contributed by atoms with Gasteiger partial charge in [0.05, 0.1) is 19.6 Å². The van der Waals surface area contributed by atoms with Crippen molar-refractivity contribution in [3.8, 4) is 11.1 Å². The van der Waals surface area contributed by atoms with Crippen LogP contribution in [0.15, 0.2) is 82.6 Å². The van der Waals surface area contributed by atoms with Crippen molar-refractivity contribution in [3.05, 3.63) is 115 Å². The second kappa shape index (κ2) is 15.4. The van der Waals surface area contributed by atoms with Crippen molar-refractivity contribution in [1.29, 1.82) is 0 Å². The second-order valence-electron chi connectivity index (χ2n) is 9.59. The Morgan fingerprint density at radius 1 is 0.533 bits per heavy atom. The van der Waals surface area contributed by atoms with Gasteiger partial charge in [-0.1, -0.05) is 0 Å². The largest absolute Gasteiger partial charge is 0.744 e. The van der Waals surface area contributed by atoms with Crippen LogP contribution in [0.25, 0.3) is 11.1 Å². The van der Waals surface area contributed by atoms with E-state index in [0.29, 0.717) is 0 Å². The molecule has 242 valence electrons. The molecule has 0 saturated heterocycles. The molecule has 0 atom stereocenters. The average molecular weight is 665 g/mol. The van der Waals surface area contributed by atoms with Gasteiger partial charge in [0.2, 0.25) is 0 Å². The molecule has 17 heteroatoms. The van der Waals surface area contributed by atoms with Crippen LogP contribution in [-0.2, 0) is 20.2 Å². The highest BCUT2D eigenvalue weighted by Gasteiger charge is 2.10. The van der Waals surface area contributed by atoms with Crippen LogP contribution in [0.5, 0.6) is 0 Å². The number of quaternary nitrogens is 2. The Bertz CT molecular complexity index is 1720. The maximum Gasteiger partial charge on any atom is 0.269 e. The zero-order valence-corrected chi connectivity index (χ0v) is 26.3. The second-order valence-corrected chi connectivity index (χ2v) is 12.3. The Balaban J connectivity index is 0.000000341. The van der Waals surface area contributed by atoms with Crippen molar-refractivity contribution < 1.29 is 52.7 Å². The van der Waals surface area contributed by atoms with Crippen LogP contribution in [0.4, 0.5) is 22.7 Å². The molecule has 0 radical (unpaired) electrons. The lowest BCUT2D eigenvalue weighted by atomic mass is 9.95. The van der Waals surface area contributed by atoms with Crippen molar-refractivity contribution in [2.45, 2.75) is 37.5 Å². The number of rotatable bonds is 5. The lowest BCUT2D eigenvalue weighted by Crippen LogP contribution is -2.42. The Morgan fingerprint density at radius 3 is 0.933 bits per heavy atom. The minimum Gasteiger partial charge on any atom is -0.744 e. The summed E-state index contributed by atoms with van der Waals surface area (Å²) in [4.78, 5) is 18.0. The number of benzene rings is 4. The van der Waals surface area contributed by atoms with Crippen molar-refractivity contribution in [2.75, 3.05) is 0 Å². The number of non-ortho nitro benzene ring substituents is 2. The summed E-state index contributed by atoms with van der Waals surface area (Å²) in [6.07, 6.45) is 0. The van der Waals surface area contributed by atoms with Gasteiger partial charge >= 0.3 is 0 Å². The molecule has 0 heterocycles. The standard InChI is InChI=1S/C16H20N2.2C6H5NO5S.H2O/c1-9-5-13(6-10(2)15(9)17)14-7-11(3)16(18)12(4)8-14;2*8-7(9)5-1-3-6(4-2-5)13(10,11)12;/h5-8H,17-18H2,1-4H3;2*1-4H,(H,10,11,12);1H2. The van der Waals surface area contributed by atoms with E-state index in [4.69, 9.17) is 0 Å². The fourth-order valence-electron chi connectivity index (χ4n) is 3.79. The van der Waals surface area contributed by atoms with E-state index in [0.717, 1.165) is 59.9 Å². The molecular formula is C28H32N4O11S2. The molecule has 8 N–H and O–H groups in total. The van der Waals surface area contributed by atoms with Crippen LogP contribution >= 0.6 is 0 Å². The molecule has 0 aromatic heterocycles. The Kier molecular flexibility index (Phi) is 13.1. The van der Waals surface area contributed by atoms with Gasteiger partial charge in [-0.3, -0.25) is 20.2 Å². The van der Waals surface area contributed by atoms with E-state index in [1.165, 1.54) is 33.4 Å². The third-order valence-electron chi connectivity index (χ3n) is 6.40. The molecule has 15 nitrogen and oxygen atoms in total. The first-order chi connectivity index (χ1) is 20.2. The van der Waals surface area contributed by atoms with Gasteiger partial charge in [0.25, 0.3) is 11.4 Å². The van der Waals surface area contributed by atoms with E-state index in [1.807, 2.05) is 0 Å². The van der Waals surface area contributed by atoms with E-state index >= 15 is 0 Å². The highest BCUT2D eigenvalue weighted by atomic mass is 32.2. The summed E-state index contributed by atoms with van der Waals surface area (Å²) in [5.41, 5.74) is 17.5. The fraction of sp³-hybridized carbons (Fsp3) is 0.143. The summed E-state index contributed by atoms with van der Waals surface area (Å²) < 4.78 is 62.3. The van der Waals surface area contributed by atoms with E-state index in [9.17, 15) is 46.2 Å². The van der Waals surface area contributed by atoms with Gasteiger partial charge in [0.1, 0.15) is 31.6 Å². The third kappa shape index (κ3) is 10.8. The summed E-state index contributed by atoms with van der Waals surface area (Å²) >= 11 is 0. The molecular weight excluding hydrogens is 632 g/mol. The summed E-state index contributed by atoms with van der Waals surface area (Å²) in [5, 5.41) is 20.3. The van der Waals surface area contributed by atoms with Gasteiger partial charge in [-0.05, 0) is 87.4 Å². The molecule has 0 unspecified atom stereocenters. The summed E-state index contributed by atoms with van der Waals surface area (Å²) in [5.74, 6) is 0. The highest BCUT2D eigenvalue weighted by molar-refractivity contribution is 7.86. The molecule has 4 rings (SSSR count). The number of nitro groups is 2. The third-order valence-corrected chi connectivity index (χ3v) is 8.10. The molecule has 45 heavy (non-hydrogen) atoms. The van der Waals surface area contributed by atoms with Gasteiger partial charge in [-0.25, -0.2) is 16.8 Å². The molecule has 4 aromatic carbocycles. The molecule has 4 aromatic rings. The van der Waals surface area contributed by atoms with Crippen molar-refractivity contribution in [3.63, 3.8) is 0 Å². The highest BCUT2D eigenvalue weighted by Crippen LogP contribution is 2.29. The van der Waals surface area contributed by atoms with Crippen LogP contribution in [0.2, 0.25) is 0 Å². The molecule has 0 aliphatic rings. The van der Waals surface area contributed by atoms with Crippen LogP contribution in [0.1, 0.15) is 22.3 Å². The number of aryl methyl sites for hydroxylation is 4. The first-order valence-corrected chi connectivity index (χ1v) is 15.3. The van der Waals surface area contributed by atoms with E-state index in [-0.39, 0.29) is 16.9 Å². The van der Waals surface area contributed by atoms with Gasteiger partial charge in [0.15, 0.2) is 0 Å². The van der Waals surface area contributed by atoms with Crippen LogP contribution in [-0.4, -0.2) is 41.3 Å². The minimum absolute atomic E-state index is 0. The summed E-state index contributed by atoms with van der Waals surface area (Å²) in [6, 6.07) is 16.3. The maximum absolute atomic E-state index is 10.4. The van der Waals surface area contributed by atoms with Gasteiger partial charge in [-0.15, -0.1) is 0 Å². The first-order valence-electron chi connectivity index (χ1n) is 12.5. The molecule has 0 bridgehead atoms. The lowest BCUT2D eigenvalue weighted by Gasteiger charge is -2.09. The Labute approximate surface area is 259 Å². The zero-order valence-electron chi connectivity index (χ0n) is 24.6. The van der Waals surface area contributed by atoms with Crippen molar-refractivity contribution >= 4 is 43.0 Å². The normalized spacial score (nSPS) is 10.8. The van der Waals surface area contributed by atoms with Gasteiger partial charge in [-0.2, -0.15) is 0 Å². The molecule has 0 amide bonds. The lowest BCUT2D eigenvalue weighted by molar-refractivity contribution is -0.385. The zero-order chi connectivity index (χ0) is 33.6. The quantitative estimate of drug-likeness (QED) is 0.178. The predicted octanol–water partition coefficient (Wildman–Crippen LogP) is 2.51. The fourth-order valence-corrected chi connectivity index (χ4v) is 4.73. The monoisotopic (exact) mass is 664 g/mol. The summed E-state index contributed by atoms with van der Waals surface area (Å²) in [7, 11) is -9.04. The van der Waals surface area contributed by atoms with Crippen molar-refractivity contribution in [1.82, 2.24) is 0 Å². The van der Waals surface area contributed by atoms with Crippen LogP contribution in [0, 0.1) is 47.9 Å². The Hall–Kier alpha value is -4.62. The SMILES string of the molecule is Cc1cc(-c2cc(C)c([NH3+])c(C)c2)cc(C)c1[NH3+].O.O=[N+]([O-])c1ccc(S(=O)(=O)[O-])cc1.O=[N+]([O-])c1ccc(S(=O)(=O)[O-])cc1. The van der Waals surface area contributed by atoms with E-state index < -0.39 is 39.9 Å². The van der Waals surface area contributed by atoms with E-state index in [1.54, 1.807) is 0 Å². The van der Waals surface area contributed by atoms with Crippen LogP contribution < -0.4 is 11.5 Å². The van der Waals surface area contributed by atoms with Crippen LogP contribution in [0.3, 0.4) is 0 Å². The molecule has 0 aliphatic carbocycles. The molecule has 0 spiro atoms. The van der Waals surface area contributed by atoms with Crippen molar-refractivity contribution in [2.24, 2.45) is 0 Å². The average Bonchev–Trinajstić information content (AvgIpc) is 2.94. The first kappa shape index (κ1) is 38.4. The number of nitro benzene ring substituents is 2. The summed E-state index contributed by atoms with van der Waals surface area (Å²) in [6.45, 7) is 8.48. The molecule has 0 aliphatic heterocycles. The Morgan fingerprint density at radius 2 is 0.756 bits per heavy atom. The topological polar surface area (TPSA) is 287 Å². The molecule has 0 saturated carbocycles. The van der Waals surface area contributed by atoms with Gasteiger partial charge in [0, 0.05) is 46.5 Å². The van der Waals surface area contributed by atoms with Gasteiger partial charge < -0.3 is 26.0 Å². The molecule has 0 fully saturated rings. The number of nitrogens with zero attached hydrogens (tertiary/aromatic N) is 2. The smallest absolute Gasteiger partial charge is 0.269 e. The van der Waals surface area contributed by atoms with E-state index in [2.05, 4.69) is 63.4 Å². The predicted molar refractivity (Wildman–Crippen MR) is 162 cm³/mol. The maximum atomic E-state index is 10.4.